The van der Waals surface area contributed by atoms with Crippen molar-refractivity contribution in [1.29, 1.82) is 0 Å². The minimum absolute atomic E-state index is 0.00979. The maximum Gasteiger partial charge on any atom is 0.234 e. The normalized spacial score (nSPS) is 19.3. The molecule has 2 N–H and O–H groups in total. The van der Waals surface area contributed by atoms with Gasteiger partial charge in [0.15, 0.2) is 5.82 Å². The van der Waals surface area contributed by atoms with E-state index in [1.807, 2.05) is 20.8 Å². The van der Waals surface area contributed by atoms with Crippen molar-refractivity contribution in [3.8, 4) is 0 Å². The van der Waals surface area contributed by atoms with E-state index >= 15 is 0 Å². The van der Waals surface area contributed by atoms with Gasteiger partial charge in [0.2, 0.25) is 11.8 Å². The number of likely N-dealkylation sites (tertiary alicyclic amines) is 1. The lowest BCUT2D eigenvalue weighted by molar-refractivity contribution is -0.144. The van der Waals surface area contributed by atoms with E-state index in [-0.39, 0.29) is 39.4 Å². The number of carbonyl (C=O) groups excluding carboxylic acids is 2. The largest absolute Gasteiger partial charge is 0.350 e. The van der Waals surface area contributed by atoms with Gasteiger partial charge in [-0.25, -0.2) is 8.78 Å². The highest BCUT2D eigenvalue weighted by Gasteiger charge is 2.54. The van der Waals surface area contributed by atoms with Crippen LogP contribution in [0.25, 0.3) is 0 Å². The molecule has 1 aromatic rings. The maximum absolute atomic E-state index is 13.9. The number of halogens is 3. The Morgan fingerprint density at radius 3 is 2.48 bits per heavy atom. The predicted octanol–water partition coefficient (Wildman–Crippen LogP) is 3.18. The minimum atomic E-state index is -0.833. The monoisotopic (exact) mass is 399 g/mol. The third kappa shape index (κ3) is 4.58. The number of anilines is 1. The summed E-state index contributed by atoms with van der Waals surface area (Å²) in [5, 5.41) is 5.00. The predicted molar refractivity (Wildman–Crippen MR) is 99.5 cm³/mol. The highest BCUT2D eigenvalue weighted by molar-refractivity contribution is 6.31. The van der Waals surface area contributed by atoms with Crippen molar-refractivity contribution in [2.24, 2.45) is 11.3 Å². The molecule has 148 valence electrons. The molecule has 1 aromatic carbocycles. The summed E-state index contributed by atoms with van der Waals surface area (Å²) in [5.74, 6) is -2.11. The number of nitrogens with one attached hydrogen (secondary N) is 2. The Balaban J connectivity index is 1.45. The van der Waals surface area contributed by atoms with E-state index in [1.165, 1.54) is 0 Å². The Bertz CT molecular complexity index is 765. The first kappa shape index (κ1) is 20.0. The molecule has 3 rings (SSSR count). The average Bonchev–Trinajstić information content (AvgIpc) is 2.43. The Kier molecular flexibility index (Phi) is 5.20. The lowest BCUT2D eigenvalue weighted by Gasteiger charge is -2.58. The Morgan fingerprint density at radius 1 is 1.26 bits per heavy atom. The van der Waals surface area contributed by atoms with Gasteiger partial charge in [-0.15, -0.1) is 0 Å². The van der Waals surface area contributed by atoms with Crippen LogP contribution < -0.4 is 10.6 Å². The van der Waals surface area contributed by atoms with Crippen molar-refractivity contribution in [3.05, 3.63) is 28.8 Å². The van der Waals surface area contributed by atoms with Crippen LogP contribution in [-0.2, 0) is 9.59 Å². The number of nitrogens with zero attached hydrogens (tertiary/aromatic N) is 1. The molecule has 0 atom stereocenters. The SMILES string of the molecule is CC(C)(C)NC(=O)CN1CC2(CC(C(=O)Nc3cc(F)cc(Cl)c3F)C2)C1. The third-order valence-corrected chi connectivity index (χ3v) is 5.26. The molecule has 27 heavy (non-hydrogen) atoms. The van der Waals surface area contributed by atoms with Crippen molar-refractivity contribution in [2.75, 3.05) is 25.0 Å². The molecule has 2 amide bonds. The van der Waals surface area contributed by atoms with Gasteiger partial charge in [-0.05, 0) is 45.1 Å². The van der Waals surface area contributed by atoms with Crippen LogP contribution in [0.4, 0.5) is 14.5 Å². The molecule has 0 aromatic heterocycles. The van der Waals surface area contributed by atoms with Crippen LogP contribution in [0, 0.1) is 23.0 Å². The summed E-state index contributed by atoms with van der Waals surface area (Å²) < 4.78 is 27.2. The van der Waals surface area contributed by atoms with E-state index in [0.29, 0.717) is 19.4 Å². The van der Waals surface area contributed by atoms with E-state index in [0.717, 1.165) is 25.2 Å². The molecule has 5 nitrogen and oxygen atoms in total. The summed E-state index contributed by atoms with van der Waals surface area (Å²) in [4.78, 5) is 26.3. The van der Waals surface area contributed by atoms with Crippen LogP contribution in [0.1, 0.15) is 33.6 Å². The van der Waals surface area contributed by atoms with Gasteiger partial charge in [0.25, 0.3) is 0 Å². The zero-order chi connectivity index (χ0) is 20.0. The molecule has 1 saturated heterocycles. The summed E-state index contributed by atoms with van der Waals surface area (Å²) in [5.41, 5.74) is -0.434. The molecular formula is C19H24ClF2N3O2. The molecule has 0 bridgehead atoms. The first-order valence-electron chi connectivity index (χ1n) is 8.95. The number of rotatable bonds is 4. The lowest BCUT2D eigenvalue weighted by atomic mass is 9.57. The molecule has 1 aliphatic heterocycles. The molecule has 2 fully saturated rings. The number of amides is 2. The smallest absolute Gasteiger partial charge is 0.234 e. The van der Waals surface area contributed by atoms with Crippen molar-refractivity contribution in [3.63, 3.8) is 0 Å². The van der Waals surface area contributed by atoms with Crippen molar-refractivity contribution < 1.29 is 18.4 Å². The van der Waals surface area contributed by atoms with Gasteiger partial charge < -0.3 is 10.6 Å². The molecule has 0 radical (unpaired) electrons. The molecule has 1 heterocycles. The van der Waals surface area contributed by atoms with Crippen LogP contribution in [0.5, 0.6) is 0 Å². The lowest BCUT2D eigenvalue weighted by Crippen LogP contribution is -2.65. The van der Waals surface area contributed by atoms with Crippen LogP contribution in [0.15, 0.2) is 12.1 Å². The summed E-state index contributed by atoms with van der Waals surface area (Å²) in [6.45, 7) is 7.71. The fraction of sp³-hybridized carbons (Fsp3) is 0.579. The van der Waals surface area contributed by atoms with Gasteiger partial charge in [-0.2, -0.15) is 0 Å². The van der Waals surface area contributed by atoms with Crippen molar-refractivity contribution in [2.45, 2.75) is 39.2 Å². The molecule has 1 spiro atoms. The summed E-state index contributed by atoms with van der Waals surface area (Å²) in [6.07, 6.45) is 1.36. The molecule has 1 saturated carbocycles. The maximum atomic E-state index is 13.9. The van der Waals surface area contributed by atoms with Gasteiger partial charge in [-0.1, -0.05) is 11.6 Å². The van der Waals surface area contributed by atoms with Gasteiger partial charge in [0.05, 0.1) is 17.3 Å². The number of carbonyl (C=O) groups is 2. The summed E-state index contributed by atoms with van der Waals surface area (Å²) >= 11 is 5.60. The van der Waals surface area contributed by atoms with E-state index in [4.69, 9.17) is 11.6 Å². The second-order valence-electron chi connectivity index (χ2n) is 8.79. The summed E-state index contributed by atoms with van der Waals surface area (Å²) in [6, 6.07) is 1.79. The first-order chi connectivity index (χ1) is 12.5. The molecule has 1 aliphatic carbocycles. The zero-order valence-electron chi connectivity index (χ0n) is 15.7. The van der Waals surface area contributed by atoms with Crippen LogP contribution in [-0.4, -0.2) is 41.9 Å². The standard InChI is InChI=1S/C19H24ClF2N3O2/c1-18(2,3)24-15(26)8-25-9-19(10-25)6-11(7-19)17(27)23-14-5-12(21)4-13(20)16(14)22/h4-5,11H,6-10H2,1-3H3,(H,23,27)(H,24,26). The highest BCUT2D eigenvalue weighted by atomic mass is 35.5. The number of hydrogen-bond donors (Lipinski definition) is 2. The molecular weight excluding hydrogens is 376 g/mol. The second kappa shape index (κ2) is 7.02. The Labute approximate surface area is 162 Å². The van der Waals surface area contributed by atoms with E-state index < -0.39 is 11.6 Å². The quantitative estimate of drug-likeness (QED) is 0.764. The fourth-order valence-electron chi connectivity index (χ4n) is 3.99. The molecule has 8 heteroatoms. The van der Waals surface area contributed by atoms with E-state index in [1.54, 1.807) is 0 Å². The number of benzene rings is 1. The second-order valence-corrected chi connectivity index (χ2v) is 9.19. The van der Waals surface area contributed by atoms with Crippen molar-refractivity contribution in [1.82, 2.24) is 10.2 Å². The van der Waals surface area contributed by atoms with E-state index in [2.05, 4.69) is 15.5 Å². The van der Waals surface area contributed by atoms with Gasteiger partial charge in [0, 0.05) is 30.6 Å². The van der Waals surface area contributed by atoms with Crippen LogP contribution in [0.3, 0.4) is 0 Å². The Hall–Kier alpha value is -1.73. The van der Waals surface area contributed by atoms with Gasteiger partial charge >= 0.3 is 0 Å². The average molecular weight is 400 g/mol. The van der Waals surface area contributed by atoms with Gasteiger partial charge in [0.1, 0.15) is 5.82 Å². The molecule has 2 aliphatic rings. The summed E-state index contributed by atoms with van der Waals surface area (Å²) in [7, 11) is 0. The van der Waals surface area contributed by atoms with Crippen LogP contribution in [0.2, 0.25) is 5.02 Å². The van der Waals surface area contributed by atoms with E-state index in [9.17, 15) is 18.4 Å². The Morgan fingerprint density at radius 2 is 1.89 bits per heavy atom. The first-order valence-corrected chi connectivity index (χ1v) is 9.33. The third-order valence-electron chi connectivity index (χ3n) is 4.98. The fourth-order valence-corrected chi connectivity index (χ4v) is 4.19. The topological polar surface area (TPSA) is 61.4 Å². The minimum Gasteiger partial charge on any atom is -0.350 e. The van der Waals surface area contributed by atoms with Crippen LogP contribution >= 0.6 is 11.6 Å². The highest BCUT2D eigenvalue weighted by Crippen LogP contribution is 2.52. The van der Waals surface area contributed by atoms with Crippen molar-refractivity contribution >= 4 is 29.1 Å². The van der Waals surface area contributed by atoms with Gasteiger partial charge in [-0.3, -0.25) is 14.5 Å². The molecule has 0 unspecified atom stereocenters. The number of hydrogen-bond acceptors (Lipinski definition) is 3. The zero-order valence-corrected chi connectivity index (χ0v) is 16.4.